The number of oxazole rings is 1. The van der Waals surface area contributed by atoms with Gasteiger partial charge in [0.15, 0.2) is 0 Å². The molecule has 0 aliphatic heterocycles. The van der Waals surface area contributed by atoms with E-state index in [-0.39, 0.29) is 0 Å². The van der Waals surface area contributed by atoms with Gasteiger partial charge >= 0.3 is 6.01 Å². The van der Waals surface area contributed by atoms with E-state index in [1.54, 1.807) is 6.26 Å². The fourth-order valence-electron chi connectivity index (χ4n) is 1.96. The third-order valence-electron chi connectivity index (χ3n) is 3.12. The molecule has 1 aromatic heterocycles. The lowest BCUT2D eigenvalue weighted by molar-refractivity contribution is 0.548. The lowest BCUT2D eigenvalue weighted by Crippen LogP contribution is -2.22. The monoisotopic (exact) mass is 273 g/mol. The molecule has 0 radical (unpaired) electrons. The molecule has 2 rings (SSSR count). The van der Waals surface area contributed by atoms with Gasteiger partial charge in [-0.3, -0.25) is 4.90 Å². The molecule has 0 saturated carbocycles. The van der Waals surface area contributed by atoms with Crippen molar-refractivity contribution in [1.29, 1.82) is 0 Å². The molecule has 1 N–H and O–H groups in total. The number of anilines is 2. The molecular weight excluding hydrogens is 250 g/mol. The van der Waals surface area contributed by atoms with E-state index in [1.807, 2.05) is 0 Å². The Morgan fingerprint density at radius 1 is 1.25 bits per heavy atom. The van der Waals surface area contributed by atoms with Crippen LogP contribution in [0.4, 0.5) is 11.7 Å². The van der Waals surface area contributed by atoms with Crippen molar-refractivity contribution in [3.8, 4) is 0 Å². The van der Waals surface area contributed by atoms with Crippen LogP contribution in [0.2, 0.25) is 0 Å². The van der Waals surface area contributed by atoms with E-state index in [9.17, 15) is 0 Å². The van der Waals surface area contributed by atoms with Crippen LogP contribution in [-0.2, 0) is 6.54 Å². The Bertz CT molecular complexity index is 531. The smallest absolute Gasteiger partial charge is 0.302 e. The van der Waals surface area contributed by atoms with Crippen molar-refractivity contribution in [1.82, 2.24) is 10.3 Å². The number of benzene rings is 1. The fraction of sp³-hybridized carbons (Fsp3) is 0.438. The molecule has 2 aromatic rings. The Balaban J connectivity index is 2.13. The van der Waals surface area contributed by atoms with Crippen LogP contribution in [0.15, 0.2) is 34.9 Å². The van der Waals surface area contributed by atoms with Crippen LogP contribution in [0.25, 0.3) is 0 Å². The molecule has 0 spiro atoms. The van der Waals surface area contributed by atoms with Crippen LogP contribution in [0.1, 0.15) is 32.0 Å². The Kier molecular flexibility index (Phi) is 4.79. The molecule has 0 fully saturated rings. The average molecular weight is 273 g/mol. The molecule has 1 heterocycles. The first-order valence-corrected chi connectivity index (χ1v) is 7.12. The fourth-order valence-corrected chi connectivity index (χ4v) is 1.96. The van der Waals surface area contributed by atoms with Gasteiger partial charge in [0.2, 0.25) is 0 Å². The molecule has 0 atom stereocenters. The van der Waals surface area contributed by atoms with Crippen molar-refractivity contribution in [2.75, 3.05) is 11.4 Å². The topological polar surface area (TPSA) is 41.3 Å². The summed E-state index contributed by atoms with van der Waals surface area (Å²) >= 11 is 0. The van der Waals surface area contributed by atoms with Crippen molar-refractivity contribution in [3.05, 3.63) is 41.8 Å². The van der Waals surface area contributed by atoms with Crippen LogP contribution in [0.5, 0.6) is 0 Å². The van der Waals surface area contributed by atoms with Crippen molar-refractivity contribution in [2.45, 2.75) is 40.3 Å². The normalized spacial score (nSPS) is 11.1. The van der Waals surface area contributed by atoms with Gasteiger partial charge in [-0.05, 0) is 26.0 Å². The summed E-state index contributed by atoms with van der Waals surface area (Å²) < 4.78 is 5.61. The largest absolute Gasteiger partial charge is 0.431 e. The van der Waals surface area contributed by atoms with Crippen molar-refractivity contribution >= 4 is 11.7 Å². The number of aromatic nitrogens is 1. The van der Waals surface area contributed by atoms with Gasteiger partial charge in [-0.1, -0.05) is 31.5 Å². The minimum absolute atomic E-state index is 0.439. The third kappa shape index (κ3) is 3.61. The highest BCUT2D eigenvalue weighted by molar-refractivity contribution is 5.56. The van der Waals surface area contributed by atoms with Gasteiger partial charge in [-0.15, -0.1) is 0 Å². The molecule has 0 bridgehead atoms. The Morgan fingerprint density at radius 3 is 2.55 bits per heavy atom. The number of aryl methyl sites for hydroxylation is 1. The average Bonchev–Trinajstić information content (AvgIpc) is 2.88. The molecule has 0 saturated heterocycles. The predicted molar refractivity (Wildman–Crippen MR) is 82.3 cm³/mol. The maximum absolute atomic E-state index is 5.61. The Morgan fingerprint density at radius 2 is 1.95 bits per heavy atom. The van der Waals surface area contributed by atoms with Crippen LogP contribution in [0.3, 0.4) is 0 Å². The summed E-state index contributed by atoms with van der Waals surface area (Å²) in [6.07, 6.45) is 1.72. The van der Waals surface area contributed by atoms with Gasteiger partial charge in [0.05, 0.1) is 5.69 Å². The minimum atomic E-state index is 0.439. The van der Waals surface area contributed by atoms with E-state index in [1.165, 1.54) is 5.56 Å². The van der Waals surface area contributed by atoms with Crippen molar-refractivity contribution in [3.63, 3.8) is 0 Å². The molecule has 108 valence electrons. The van der Waals surface area contributed by atoms with Gasteiger partial charge in [-0.2, -0.15) is 4.98 Å². The van der Waals surface area contributed by atoms with Crippen LogP contribution < -0.4 is 10.2 Å². The summed E-state index contributed by atoms with van der Waals surface area (Å²) in [5.74, 6) is 0. The first-order chi connectivity index (χ1) is 9.60. The summed E-state index contributed by atoms with van der Waals surface area (Å²) in [5, 5.41) is 3.34. The molecule has 4 heteroatoms. The quantitative estimate of drug-likeness (QED) is 0.872. The van der Waals surface area contributed by atoms with E-state index < -0.39 is 0 Å². The minimum Gasteiger partial charge on any atom is -0.431 e. The highest BCUT2D eigenvalue weighted by atomic mass is 16.4. The molecule has 0 aliphatic rings. The number of hydrogen-bond acceptors (Lipinski definition) is 4. The summed E-state index contributed by atoms with van der Waals surface area (Å²) in [6.45, 7) is 9.96. The van der Waals surface area contributed by atoms with E-state index >= 15 is 0 Å². The molecule has 1 aromatic carbocycles. The highest BCUT2D eigenvalue weighted by Crippen LogP contribution is 2.24. The summed E-state index contributed by atoms with van der Waals surface area (Å²) in [4.78, 5) is 6.62. The van der Waals surface area contributed by atoms with Gasteiger partial charge in [0.25, 0.3) is 0 Å². The number of nitrogens with one attached hydrogen (secondary N) is 1. The molecule has 0 aliphatic carbocycles. The van der Waals surface area contributed by atoms with Gasteiger partial charge in [0, 0.05) is 24.8 Å². The molecule has 0 unspecified atom stereocenters. The summed E-state index contributed by atoms with van der Waals surface area (Å²) in [5.41, 5.74) is 3.28. The van der Waals surface area contributed by atoms with Crippen LogP contribution >= 0.6 is 0 Å². The SMILES string of the molecule is CCN(c1ccc(C)cc1)c1nc(CNC(C)C)co1. The van der Waals surface area contributed by atoms with Gasteiger partial charge in [-0.25, -0.2) is 0 Å². The number of hydrogen-bond donors (Lipinski definition) is 1. The second kappa shape index (κ2) is 6.57. The maximum Gasteiger partial charge on any atom is 0.302 e. The van der Waals surface area contributed by atoms with Gasteiger partial charge < -0.3 is 9.73 Å². The molecule has 4 nitrogen and oxygen atoms in total. The van der Waals surface area contributed by atoms with Crippen molar-refractivity contribution in [2.24, 2.45) is 0 Å². The zero-order valence-corrected chi connectivity index (χ0v) is 12.7. The predicted octanol–water partition coefficient (Wildman–Crippen LogP) is 3.64. The molecule has 0 amide bonds. The van der Waals surface area contributed by atoms with Gasteiger partial charge in [0.1, 0.15) is 6.26 Å². The highest BCUT2D eigenvalue weighted by Gasteiger charge is 2.13. The van der Waals surface area contributed by atoms with Crippen molar-refractivity contribution < 1.29 is 4.42 Å². The number of rotatable bonds is 6. The molecular formula is C16H23N3O. The standard InChI is InChI=1S/C16H23N3O/c1-5-19(15-8-6-13(4)7-9-15)16-18-14(11-20-16)10-17-12(2)3/h6-9,11-12,17H,5,10H2,1-4H3. The Hall–Kier alpha value is -1.81. The number of nitrogens with zero attached hydrogens (tertiary/aromatic N) is 2. The van der Waals surface area contributed by atoms with Crippen LogP contribution in [0, 0.1) is 6.92 Å². The third-order valence-corrected chi connectivity index (χ3v) is 3.12. The zero-order valence-electron chi connectivity index (χ0n) is 12.7. The van der Waals surface area contributed by atoms with Crippen LogP contribution in [-0.4, -0.2) is 17.6 Å². The lowest BCUT2D eigenvalue weighted by Gasteiger charge is -2.18. The van der Waals surface area contributed by atoms with E-state index in [0.29, 0.717) is 12.1 Å². The van der Waals surface area contributed by atoms with E-state index in [4.69, 9.17) is 4.42 Å². The zero-order chi connectivity index (χ0) is 14.5. The second-order valence-corrected chi connectivity index (χ2v) is 5.24. The maximum atomic E-state index is 5.61. The first kappa shape index (κ1) is 14.6. The molecule has 20 heavy (non-hydrogen) atoms. The second-order valence-electron chi connectivity index (χ2n) is 5.24. The van der Waals surface area contributed by atoms with E-state index in [2.05, 4.69) is 67.2 Å². The van der Waals surface area contributed by atoms with E-state index in [0.717, 1.165) is 24.5 Å². The summed E-state index contributed by atoms with van der Waals surface area (Å²) in [7, 11) is 0. The first-order valence-electron chi connectivity index (χ1n) is 7.12. The Labute approximate surface area is 120 Å². The summed E-state index contributed by atoms with van der Waals surface area (Å²) in [6, 6.07) is 9.47. The lowest BCUT2D eigenvalue weighted by atomic mass is 10.2.